The van der Waals surface area contributed by atoms with Crippen molar-refractivity contribution in [3.8, 4) is 5.75 Å². The lowest BCUT2D eigenvalue weighted by Gasteiger charge is -2.14. The van der Waals surface area contributed by atoms with Gasteiger partial charge in [-0.25, -0.2) is 0 Å². The summed E-state index contributed by atoms with van der Waals surface area (Å²) in [5.41, 5.74) is -3.01. The standard InChI is InChI=1S/C13H16BrF3OS/c1-18-12-4-2-10(3-5-12)8-11(9-14)6-7-19-13(15,16)17/h2-5,11H,6-9H2,1H3. The Bertz CT molecular complexity index is 367. The minimum atomic E-state index is -4.13. The zero-order chi connectivity index (χ0) is 14.3. The van der Waals surface area contributed by atoms with Crippen molar-refractivity contribution in [2.45, 2.75) is 18.3 Å². The van der Waals surface area contributed by atoms with E-state index in [4.69, 9.17) is 4.74 Å². The molecule has 0 aromatic heterocycles. The lowest BCUT2D eigenvalue weighted by atomic mass is 9.99. The molecule has 1 nitrogen and oxygen atoms in total. The molecule has 0 saturated heterocycles. The highest BCUT2D eigenvalue weighted by Gasteiger charge is 2.27. The van der Waals surface area contributed by atoms with Crippen LogP contribution in [-0.4, -0.2) is 23.7 Å². The topological polar surface area (TPSA) is 9.23 Å². The molecule has 0 bridgehead atoms. The summed E-state index contributed by atoms with van der Waals surface area (Å²) in [5, 5.41) is 0.706. The summed E-state index contributed by atoms with van der Waals surface area (Å²) in [6, 6.07) is 7.63. The van der Waals surface area contributed by atoms with Gasteiger partial charge in [-0.2, -0.15) is 13.2 Å². The summed E-state index contributed by atoms with van der Waals surface area (Å²) >= 11 is 3.42. The van der Waals surface area contributed by atoms with Gasteiger partial charge in [0, 0.05) is 11.1 Å². The van der Waals surface area contributed by atoms with Gasteiger partial charge in [0.15, 0.2) is 0 Å². The lowest BCUT2D eigenvalue weighted by molar-refractivity contribution is -0.0328. The first-order valence-corrected chi connectivity index (χ1v) is 7.95. The predicted molar refractivity (Wildman–Crippen MR) is 77.1 cm³/mol. The second-order valence-electron chi connectivity index (χ2n) is 4.16. The number of benzene rings is 1. The highest BCUT2D eigenvalue weighted by atomic mass is 79.9. The molecular formula is C13H16BrF3OS. The number of rotatable bonds is 7. The average Bonchev–Trinajstić information content (AvgIpc) is 2.37. The highest BCUT2D eigenvalue weighted by molar-refractivity contribution is 9.09. The molecular weight excluding hydrogens is 341 g/mol. The first-order valence-electron chi connectivity index (χ1n) is 5.84. The molecule has 0 radical (unpaired) electrons. The second-order valence-corrected chi connectivity index (χ2v) is 5.96. The van der Waals surface area contributed by atoms with Gasteiger partial charge in [-0.05, 0) is 36.5 Å². The molecule has 19 heavy (non-hydrogen) atoms. The van der Waals surface area contributed by atoms with Crippen LogP contribution in [0.3, 0.4) is 0 Å². The number of alkyl halides is 4. The molecule has 0 spiro atoms. The van der Waals surface area contributed by atoms with E-state index in [2.05, 4.69) is 15.9 Å². The third-order valence-corrected chi connectivity index (χ3v) is 4.38. The number of hydrogen-bond donors (Lipinski definition) is 0. The van der Waals surface area contributed by atoms with Gasteiger partial charge < -0.3 is 4.74 Å². The summed E-state index contributed by atoms with van der Waals surface area (Å²) in [4.78, 5) is 0. The van der Waals surface area contributed by atoms with Crippen LogP contribution in [-0.2, 0) is 6.42 Å². The molecule has 1 aromatic carbocycles. The van der Waals surface area contributed by atoms with Crippen LogP contribution in [0.4, 0.5) is 13.2 Å². The molecule has 0 saturated carbocycles. The van der Waals surface area contributed by atoms with Crippen molar-refractivity contribution in [3.05, 3.63) is 29.8 Å². The molecule has 0 fully saturated rings. The van der Waals surface area contributed by atoms with Gasteiger partial charge in [-0.3, -0.25) is 0 Å². The average molecular weight is 357 g/mol. The van der Waals surface area contributed by atoms with E-state index in [1.165, 1.54) is 0 Å². The molecule has 108 valence electrons. The molecule has 1 aromatic rings. The fourth-order valence-corrected chi connectivity index (χ4v) is 2.91. The number of thioether (sulfide) groups is 1. The Kier molecular flexibility index (Phi) is 7.07. The van der Waals surface area contributed by atoms with Gasteiger partial charge in [0.2, 0.25) is 0 Å². The van der Waals surface area contributed by atoms with Crippen molar-refractivity contribution >= 4 is 27.7 Å². The van der Waals surface area contributed by atoms with Gasteiger partial charge in [-0.15, -0.1) is 0 Å². The van der Waals surface area contributed by atoms with Crippen LogP contribution in [0.5, 0.6) is 5.75 Å². The number of halogens is 4. The Morgan fingerprint density at radius 3 is 2.37 bits per heavy atom. The predicted octanol–water partition coefficient (Wildman–Crippen LogP) is 4.89. The van der Waals surface area contributed by atoms with Gasteiger partial charge in [-0.1, -0.05) is 39.8 Å². The summed E-state index contributed by atoms with van der Waals surface area (Å²) in [5.74, 6) is 1.10. The van der Waals surface area contributed by atoms with Gasteiger partial charge in [0.05, 0.1) is 7.11 Å². The minimum absolute atomic E-state index is 0.0531. The number of ether oxygens (including phenoxy) is 1. The third-order valence-electron chi connectivity index (χ3n) is 2.69. The smallest absolute Gasteiger partial charge is 0.441 e. The molecule has 1 atom stereocenters. The van der Waals surface area contributed by atoms with E-state index in [9.17, 15) is 13.2 Å². The first-order chi connectivity index (χ1) is 8.94. The van der Waals surface area contributed by atoms with Gasteiger partial charge in [0.1, 0.15) is 5.75 Å². The van der Waals surface area contributed by atoms with E-state index in [1.807, 2.05) is 24.3 Å². The fourth-order valence-electron chi connectivity index (χ4n) is 1.67. The van der Waals surface area contributed by atoms with E-state index in [-0.39, 0.29) is 23.4 Å². The van der Waals surface area contributed by atoms with E-state index < -0.39 is 5.51 Å². The third kappa shape index (κ3) is 7.11. The van der Waals surface area contributed by atoms with Crippen molar-refractivity contribution in [3.63, 3.8) is 0 Å². The van der Waals surface area contributed by atoms with Crippen LogP contribution in [0.2, 0.25) is 0 Å². The van der Waals surface area contributed by atoms with Crippen LogP contribution in [0.1, 0.15) is 12.0 Å². The largest absolute Gasteiger partial charge is 0.497 e. The maximum Gasteiger partial charge on any atom is 0.441 e. The lowest BCUT2D eigenvalue weighted by Crippen LogP contribution is -2.10. The molecule has 0 aliphatic heterocycles. The first kappa shape index (κ1) is 16.7. The minimum Gasteiger partial charge on any atom is -0.497 e. The quantitative estimate of drug-likeness (QED) is 0.643. The molecule has 0 aliphatic rings. The molecule has 0 heterocycles. The summed E-state index contributed by atoms with van der Waals surface area (Å²) in [7, 11) is 1.60. The number of methoxy groups -OCH3 is 1. The Labute approximate surface area is 124 Å². The fraction of sp³-hybridized carbons (Fsp3) is 0.538. The molecule has 0 aliphatic carbocycles. The van der Waals surface area contributed by atoms with E-state index in [0.29, 0.717) is 11.8 Å². The van der Waals surface area contributed by atoms with Crippen molar-refractivity contribution in [2.75, 3.05) is 18.2 Å². The number of hydrogen-bond acceptors (Lipinski definition) is 2. The zero-order valence-electron chi connectivity index (χ0n) is 10.5. The Morgan fingerprint density at radius 1 is 1.26 bits per heavy atom. The maximum atomic E-state index is 12.1. The molecule has 1 rings (SSSR count). The van der Waals surface area contributed by atoms with Crippen LogP contribution >= 0.6 is 27.7 Å². The SMILES string of the molecule is COc1ccc(CC(CBr)CCSC(F)(F)F)cc1. The van der Waals surface area contributed by atoms with Gasteiger partial charge >= 0.3 is 5.51 Å². The van der Waals surface area contributed by atoms with Crippen LogP contribution in [0.15, 0.2) is 24.3 Å². The Hall–Kier alpha value is -0.360. The molecule has 6 heteroatoms. The van der Waals surface area contributed by atoms with Crippen molar-refractivity contribution < 1.29 is 17.9 Å². The highest BCUT2D eigenvalue weighted by Crippen LogP contribution is 2.32. The zero-order valence-corrected chi connectivity index (χ0v) is 12.9. The molecule has 0 amide bonds. The van der Waals surface area contributed by atoms with E-state index >= 15 is 0 Å². The van der Waals surface area contributed by atoms with Gasteiger partial charge in [0.25, 0.3) is 0 Å². The maximum absolute atomic E-state index is 12.1. The second kappa shape index (κ2) is 8.04. The molecule has 0 N–H and O–H groups in total. The van der Waals surface area contributed by atoms with Crippen molar-refractivity contribution in [1.82, 2.24) is 0 Å². The summed E-state index contributed by atoms with van der Waals surface area (Å²) < 4.78 is 41.2. The summed E-state index contributed by atoms with van der Waals surface area (Å²) in [6.07, 6.45) is 1.31. The van der Waals surface area contributed by atoms with Crippen LogP contribution < -0.4 is 4.74 Å². The normalized spacial score (nSPS) is 13.3. The Morgan fingerprint density at radius 2 is 1.89 bits per heavy atom. The monoisotopic (exact) mass is 356 g/mol. The van der Waals surface area contributed by atoms with Crippen LogP contribution in [0.25, 0.3) is 0 Å². The van der Waals surface area contributed by atoms with E-state index in [1.54, 1.807) is 7.11 Å². The van der Waals surface area contributed by atoms with Crippen molar-refractivity contribution in [1.29, 1.82) is 0 Å². The molecule has 1 unspecified atom stereocenters. The van der Waals surface area contributed by atoms with E-state index in [0.717, 1.165) is 17.7 Å². The Balaban J connectivity index is 2.42. The van der Waals surface area contributed by atoms with Crippen molar-refractivity contribution in [2.24, 2.45) is 5.92 Å². The van der Waals surface area contributed by atoms with Crippen LogP contribution in [0, 0.1) is 5.92 Å². The summed E-state index contributed by atoms with van der Waals surface area (Å²) in [6.45, 7) is 0.